The van der Waals surface area contributed by atoms with Crippen LogP contribution in [-0.4, -0.2) is 11.0 Å². The standard InChI is InChI=1S/C18H17NO2/c1-2-3-4-8-18(20)21-14-15-9-11-16(12-10-15)17-7-5-6-13-19-17/h1,5-7,9-13H,3-4,8,14H2. The summed E-state index contributed by atoms with van der Waals surface area (Å²) in [6, 6.07) is 13.6. The summed E-state index contributed by atoms with van der Waals surface area (Å²) in [7, 11) is 0. The Hall–Kier alpha value is -2.60. The van der Waals surface area contributed by atoms with Gasteiger partial charge in [-0.05, 0) is 24.1 Å². The summed E-state index contributed by atoms with van der Waals surface area (Å²) in [6.45, 7) is 0.289. The smallest absolute Gasteiger partial charge is 0.306 e. The minimum atomic E-state index is -0.209. The fourth-order valence-electron chi connectivity index (χ4n) is 1.88. The number of rotatable bonds is 6. The fourth-order valence-corrected chi connectivity index (χ4v) is 1.88. The Bertz CT molecular complexity index is 612. The van der Waals surface area contributed by atoms with E-state index in [0.717, 1.165) is 16.8 Å². The number of hydrogen-bond acceptors (Lipinski definition) is 3. The van der Waals surface area contributed by atoms with Crippen molar-refractivity contribution in [3.05, 3.63) is 54.2 Å². The van der Waals surface area contributed by atoms with Gasteiger partial charge in [-0.15, -0.1) is 12.3 Å². The molecule has 0 spiro atoms. The Morgan fingerprint density at radius 1 is 1.19 bits per heavy atom. The van der Waals surface area contributed by atoms with Gasteiger partial charge < -0.3 is 4.74 Å². The van der Waals surface area contributed by atoms with Crippen LogP contribution in [0.4, 0.5) is 0 Å². The molecular weight excluding hydrogens is 262 g/mol. The molecule has 0 saturated carbocycles. The highest BCUT2D eigenvalue weighted by Gasteiger charge is 2.03. The first-order chi connectivity index (χ1) is 10.3. The summed E-state index contributed by atoms with van der Waals surface area (Å²) < 4.78 is 5.20. The third kappa shape index (κ3) is 4.77. The molecule has 2 rings (SSSR count). The summed E-state index contributed by atoms with van der Waals surface area (Å²) >= 11 is 0. The van der Waals surface area contributed by atoms with Crippen LogP contribution in [0.15, 0.2) is 48.7 Å². The molecule has 106 valence electrons. The van der Waals surface area contributed by atoms with Crippen LogP contribution in [0.2, 0.25) is 0 Å². The molecule has 1 heterocycles. The average molecular weight is 279 g/mol. The highest BCUT2D eigenvalue weighted by atomic mass is 16.5. The molecule has 1 aromatic heterocycles. The number of terminal acetylenes is 1. The lowest BCUT2D eigenvalue weighted by Gasteiger charge is -2.06. The van der Waals surface area contributed by atoms with Gasteiger partial charge >= 0.3 is 5.97 Å². The first-order valence-corrected chi connectivity index (χ1v) is 6.89. The van der Waals surface area contributed by atoms with Crippen LogP contribution in [-0.2, 0) is 16.1 Å². The van der Waals surface area contributed by atoms with Crippen LogP contribution in [0.25, 0.3) is 11.3 Å². The number of ether oxygens (including phenoxy) is 1. The Kier molecular flexibility index (Phi) is 5.54. The minimum absolute atomic E-state index is 0.209. The molecule has 3 nitrogen and oxygen atoms in total. The number of unbranched alkanes of at least 4 members (excludes halogenated alkanes) is 1. The summed E-state index contributed by atoms with van der Waals surface area (Å²) in [6.07, 6.45) is 8.55. The van der Waals surface area contributed by atoms with Gasteiger partial charge in [0.25, 0.3) is 0 Å². The highest BCUT2D eigenvalue weighted by molar-refractivity contribution is 5.69. The second-order valence-electron chi connectivity index (χ2n) is 4.63. The van der Waals surface area contributed by atoms with E-state index in [9.17, 15) is 4.79 Å². The molecule has 0 unspecified atom stereocenters. The van der Waals surface area contributed by atoms with Gasteiger partial charge in [0.15, 0.2) is 0 Å². The molecular formula is C18H17NO2. The number of benzene rings is 1. The van der Waals surface area contributed by atoms with Crippen molar-refractivity contribution in [2.45, 2.75) is 25.9 Å². The molecule has 1 aromatic carbocycles. The Morgan fingerprint density at radius 2 is 2.00 bits per heavy atom. The summed E-state index contributed by atoms with van der Waals surface area (Å²) in [5, 5.41) is 0. The van der Waals surface area contributed by atoms with E-state index in [2.05, 4.69) is 10.9 Å². The molecule has 2 aromatic rings. The van der Waals surface area contributed by atoms with Gasteiger partial charge in [0.05, 0.1) is 5.69 Å². The van der Waals surface area contributed by atoms with Crippen LogP contribution in [0, 0.1) is 12.3 Å². The molecule has 21 heavy (non-hydrogen) atoms. The lowest BCUT2D eigenvalue weighted by atomic mass is 10.1. The summed E-state index contributed by atoms with van der Waals surface area (Å²) in [5.74, 6) is 2.30. The maximum absolute atomic E-state index is 11.5. The van der Waals surface area contributed by atoms with Crippen molar-refractivity contribution >= 4 is 5.97 Å². The molecule has 0 fully saturated rings. The van der Waals surface area contributed by atoms with Crippen molar-refractivity contribution in [3.8, 4) is 23.6 Å². The van der Waals surface area contributed by atoms with Crippen molar-refractivity contribution in [1.29, 1.82) is 0 Å². The van der Waals surface area contributed by atoms with Gasteiger partial charge in [-0.2, -0.15) is 0 Å². The molecule has 0 amide bonds. The molecule has 0 N–H and O–H groups in total. The van der Waals surface area contributed by atoms with E-state index in [1.807, 2.05) is 42.5 Å². The van der Waals surface area contributed by atoms with Gasteiger partial charge in [-0.1, -0.05) is 30.3 Å². The first-order valence-electron chi connectivity index (χ1n) is 6.89. The molecule has 0 aliphatic carbocycles. The zero-order valence-electron chi connectivity index (χ0n) is 11.8. The van der Waals surface area contributed by atoms with Gasteiger partial charge in [0.1, 0.15) is 6.61 Å². The lowest BCUT2D eigenvalue weighted by molar-refractivity contribution is -0.145. The van der Waals surface area contributed by atoms with Gasteiger partial charge in [-0.25, -0.2) is 0 Å². The molecule has 0 aliphatic heterocycles. The monoisotopic (exact) mass is 279 g/mol. The van der Waals surface area contributed by atoms with E-state index in [1.165, 1.54) is 0 Å². The second-order valence-corrected chi connectivity index (χ2v) is 4.63. The van der Waals surface area contributed by atoms with Crippen LogP contribution in [0.1, 0.15) is 24.8 Å². The molecule has 0 saturated heterocycles. The third-order valence-electron chi connectivity index (χ3n) is 3.02. The molecule has 0 radical (unpaired) electrons. The van der Waals surface area contributed by atoms with Crippen molar-refractivity contribution in [1.82, 2.24) is 4.98 Å². The Balaban J connectivity index is 1.86. The number of aromatic nitrogens is 1. The first kappa shape index (κ1) is 14.8. The third-order valence-corrected chi connectivity index (χ3v) is 3.02. The van der Waals surface area contributed by atoms with E-state index < -0.39 is 0 Å². The van der Waals surface area contributed by atoms with Crippen LogP contribution >= 0.6 is 0 Å². The normalized spacial score (nSPS) is 9.86. The zero-order valence-corrected chi connectivity index (χ0v) is 11.8. The van der Waals surface area contributed by atoms with E-state index in [0.29, 0.717) is 19.3 Å². The summed E-state index contributed by atoms with van der Waals surface area (Å²) in [5.41, 5.74) is 2.93. The summed E-state index contributed by atoms with van der Waals surface area (Å²) in [4.78, 5) is 15.8. The molecule has 0 atom stereocenters. The highest BCUT2D eigenvalue weighted by Crippen LogP contribution is 2.17. The Morgan fingerprint density at radius 3 is 2.67 bits per heavy atom. The minimum Gasteiger partial charge on any atom is -0.461 e. The second kappa shape index (κ2) is 7.86. The predicted molar refractivity (Wildman–Crippen MR) is 82.2 cm³/mol. The van der Waals surface area contributed by atoms with E-state index in [4.69, 9.17) is 11.2 Å². The maximum Gasteiger partial charge on any atom is 0.306 e. The number of pyridine rings is 1. The lowest BCUT2D eigenvalue weighted by Crippen LogP contribution is -2.04. The molecule has 0 aliphatic rings. The number of nitrogens with zero attached hydrogens (tertiary/aromatic N) is 1. The number of hydrogen-bond donors (Lipinski definition) is 0. The Labute approximate surface area is 125 Å². The van der Waals surface area contributed by atoms with E-state index >= 15 is 0 Å². The maximum atomic E-state index is 11.5. The molecule has 3 heteroatoms. The fraction of sp³-hybridized carbons (Fsp3) is 0.222. The topological polar surface area (TPSA) is 39.2 Å². The van der Waals surface area contributed by atoms with Crippen LogP contribution in [0.3, 0.4) is 0 Å². The zero-order chi connectivity index (χ0) is 14.9. The predicted octanol–water partition coefficient (Wildman–Crippen LogP) is 3.60. The number of esters is 1. The van der Waals surface area contributed by atoms with Crippen molar-refractivity contribution in [2.24, 2.45) is 0 Å². The van der Waals surface area contributed by atoms with Crippen molar-refractivity contribution in [2.75, 3.05) is 0 Å². The molecule has 0 bridgehead atoms. The van der Waals surface area contributed by atoms with Crippen molar-refractivity contribution in [3.63, 3.8) is 0 Å². The largest absolute Gasteiger partial charge is 0.461 e. The van der Waals surface area contributed by atoms with E-state index in [1.54, 1.807) is 6.20 Å². The number of carbonyl (C=O) groups is 1. The van der Waals surface area contributed by atoms with Crippen molar-refractivity contribution < 1.29 is 9.53 Å². The van der Waals surface area contributed by atoms with Crippen LogP contribution in [0.5, 0.6) is 0 Å². The van der Waals surface area contributed by atoms with E-state index in [-0.39, 0.29) is 12.6 Å². The van der Waals surface area contributed by atoms with Gasteiger partial charge in [0.2, 0.25) is 0 Å². The van der Waals surface area contributed by atoms with Gasteiger partial charge in [0, 0.05) is 24.6 Å². The number of carbonyl (C=O) groups excluding carboxylic acids is 1. The SMILES string of the molecule is C#CCCCC(=O)OCc1ccc(-c2ccccn2)cc1. The quantitative estimate of drug-likeness (QED) is 0.461. The van der Waals surface area contributed by atoms with Gasteiger partial charge in [-0.3, -0.25) is 9.78 Å². The van der Waals surface area contributed by atoms with Crippen LogP contribution < -0.4 is 0 Å². The average Bonchev–Trinajstić information content (AvgIpc) is 2.54.